The van der Waals surface area contributed by atoms with Gasteiger partial charge in [0, 0.05) is 6.61 Å². The monoisotopic (exact) mass is 144 g/mol. The van der Waals surface area contributed by atoms with Crippen LogP contribution in [0.15, 0.2) is 0 Å². The predicted molar refractivity (Wildman–Crippen MR) is 39.9 cm³/mol. The Morgan fingerprint density at radius 2 is 2.30 bits per heavy atom. The van der Waals surface area contributed by atoms with Crippen molar-refractivity contribution in [3.8, 4) is 0 Å². The van der Waals surface area contributed by atoms with Gasteiger partial charge < -0.3 is 9.84 Å². The quantitative estimate of drug-likeness (QED) is 0.647. The van der Waals surface area contributed by atoms with Crippen molar-refractivity contribution in [1.82, 2.24) is 0 Å². The molecule has 1 fully saturated rings. The van der Waals surface area contributed by atoms with Crippen LogP contribution < -0.4 is 0 Å². The van der Waals surface area contributed by atoms with Crippen LogP contribution in [0.3, 0.4) is 0 Å². The number of aliphatic hydroxyl groups is 1. The van der Waals surface area contributed by atoms with Gasteiger partial charge in [-0.05, 0) is 32.6 Å². The van der Waals surface area contributed by atoms with Crippen molar-refractivity contribution in [1.29, 1.82) is 0 Å². The third-order valence-electron chi connectivity index (χ3n) is 2.00. The van der Waals surface area contributed by atoms with Crippen LogP contribution in [0.2, 0.25) is 0 Å². The van der Waals surface area contributed by atoms with E-state index in [9.17, 15) is 0 Å². The molecule has 1 rings (SSSR count). The van der Waals surface area contributed by atoms with Crippen LogP contribution in [0.1, 0.15) is 32.6 Å². The van der Waals surface area contributed by atoms with E-state index in [2.05, 4.69) is 6.92 Å². The maximum atomic E-state index is 8.54. The molecule has 10 heavy (non-hydrogen) atoms. The molecule has 0 aliphatic carbocycles. The Balaban J connectivity index is 2.06. The van der Waals surface area contributed by atoms with Crippen molar-refractivity contribution in [2.75, 3.05) is 6.61 Å². The lowest BCUT2D eigenvalue weighted by atomic mass is 10.1. The van der Waals surface area contributed by atoms with E-state index in [4.69, 9.17) is 9.84 Å². The minimum atomic E-state index is 0.300. The molecule has 1 aliphatic heterocycles. The second-order valence-corrected chi connectivity index (χ2v) is 3.01. The van der Waals surface area contributed by atoms with Crippen LogP contribution in [0.25, 0.3) is 0 Å². The SMILES string of the molecule is C[C@@H]1CC[C@@H](CCCO)O1. The number of aliphatic hydroxyl groups excluding tert-OH is 1. The van der Waals surface area contributed by atoms with Gasteiger partial charge >= 0.3 is 0 Å². The van der Waals surface area contributed by atoms with Gasteiger partial charge in [-0.15, -0.1) is 0 Å². The van der Waals surface area contributed by atoms with E-state index < -0.39 is 0 Å². The van der Waals surface area contributed by atoms with E-state index in [1.807, 2.05) is 0 Å². The predicted octanol–water partition coefficient (Wildman–Crippen LogP) is 1.33. The Kier molecular flexibility index (Phi) is 3.16. The maximum Gasteiger partial charge on any atom is 0.0580 e. The van der Waals surface area contributed by atoms with Crippen molar-refractivity contribution < 1.29 is 9.84 Å². The van der Waals surface area contributed by atoms with E-state index in [1.54, 1.807) is 0 Å². The molecule has 2 atom stereocenters. The van der Waals surface area contributed by atoms with Crippen molar-refractivity contribution in [3.63, 3.8) is 0 Å². The fourth-order valence-corrected chi connectivity index (χ4v) is 1.42. The van der Waals surface area contributed by atoms with Gasteiger partial charge in [-0.1, -0.05) is 0 Å². The third-order valence-corrected chi connectivity index (χ3v) is 2.00. The fourth-order valence-electron chi connectivity index (χ4n) is 1.42. The van der Waals surface area contributed by atoms with Crippen LogP contribution in [0, 0.1) is 0 Å². The lowest BCUT2D eigenvalue weighted by molar-refractivity contribution is 0.0468. The highest BCUT2D eigenvalue weighted by atomic mass is 16.5. The first-order chi connectivity index (χ1) is 4.83. The Morgan fingerprint density at radius 3 is 2.80 bits per heavy atom. The summed E-state index contributed by atoms with van der Waals surface area (Å²) in [6, 6.07) is 0. The Labute approximate surface area is 62.2 Å². The standard InChI is InChI=1S/C8H16O2/c1-7-4-5-8(10-7)3-2-6-9/h7-9H,2-6H2,1H3/t7-,8-/m1/s1. The highest BCUT2D eigenvalue weighted by Gasteiger charge is 2.20. The first-order valence-corrected chi connectivity index (χ1v) is 4.09. The molecule has 60 valence electrons. The molecule has 0 radical (unpaired) electrons. The van der Waals surface area contributed by atoms with E-state index >= 15 is 0 Å². The summed E-state index contributed by atoms with van der Waals surface area (Å²) < 4.78 is 5.55. The summed E-state index contributed by atoms with van der Waals surface area (Å²) in [5, 5.41) is 8.54. The summed E-state index contributed by atoms with van der Waals surface area (Å²) in [5.41, 5.74) is 0. The lowest BCUT2D eigenvalue weighted by Gasteiger charge is -2.08. The molecular formula is C8H16O2. The van der Waals surface area contributed by atoms with Crippen LogP contribution in [-0.4, -0.2) is 23.9 Å². The van der Waals surface area contributed by atoms with Crippen LogP contribution in [0.5, 0.6) is 0 Å². The Morgan fingerprint density at radius 1 is 1.50 bits per heavy atom. The van der Waals surface area contributed by atoms with Crippen LogP contribution >= 0.6 is 0 Å². The largest absolute Gasteiger partial charge is 0.396 e. The number of rotatable bonds is 3. The molecular weight excluding hydrogens is 128 g/mol. The van der Waals surface area contributed by atoms with Gasteiger partial charge in [0.1, 0.15) is 0 Å². The smallest absolute Gasteiger partial charge is 0.0580 e. The summed E-state index contributed by atoms with van der Waals surface area (Å²) in [5.74, 6) is 0. The minimum Gasteiger partial charge on any atom is -0.396 e. The molecule has 0 spiro atoms. The van der Waals surface area contributed by atoms with Crippen molar-refractivity contribution in [2.24, 2.45) is 0 Å². The highest BCUT2D eigenvalue weighted by molar-refractivity contribution is 4.69. The molecule has 1 N–H and O–H groups in total. The molecule has 0 aromatic carbocycles. The topological polar surface area (TPSA) is 29.5 Å². The maximum absolute atomic E-state index is 8.54. The zero-order chi connectivity index (χ0) is 7.40. The molecule has 2 nitrogen and oxygen atoms in total. The molecule has 0 amide bonds. The van der Waals surface area contributed by atoms with Crippen molar-refractivity contribution >= 4 is 0 Å². The van der Waals surface area contributed by atoms with Crippen LogP contribution in [-0.2, 0) is 4.74 Å². The summed E-state index contributed by atoms with van der Waals surface area (Å²) in [7, 11) is 0. The zero-order valence-electron chi connectivity index (χ0n) is 6.55. The molecule has 0 aromatic rings. The van der Waals surface area contributed by atoms with Crippen molar-refractivity contribution in [2.45, 2.75) is 44.8 Å². The number of hydrogen-bond acceptors (Lipinski definition) is 2. The normalized spacial score (nSPS) is 33.0. The van der Waals surface area contributed by atoms with Gasteiger partial charge in [-0.25, -0.2) is 0 Å². The molecule has 1 aliphatic rings. The zero-order valence-corrected chi connectivity index (χ0v) is 6.55. The first-order valence-electron chi connectivity index (χ1n) is 4.09. The van der Waals surface area contributed by atoms with Gasteiger partial charge in [-0.2, -0.15) is 0 Å². The van der Waals surface area contributed by atoms with Gasteiger partial charge in [-0.3, -0.25) is 0 Å². The Bertz CT molecular complexity index is 93.3. The highest BCUT2D eigenvalue weighted by Crippen LogP contribution is 2.22. The van der Waals surface area contributed by atoms with E-state index in [1.165, 1.54) is 12.8 Å². The average Bonchev–Trinajstić information content (AvgIpc) is 2.31. The second-order valence-electron chi connectivity index (χ2n) is 3.01. The number of hydrogen-bond donors (Lipinski definition) is 1. The average molecular weight is 144 g/mol. The molecule has 1 heterocycles. The third kappa shape index (κ3) is 2.27. The van der Waals surface area contributed by atoms with Gasteiger partial charge in [0.05, 0.1) is 12.2 Å². The molecule has 1 saturated heterocycles. The van der Waals surface area contributed by atoms with Gasteiger partial charge in [0.25, 0.3) is 0 Å². The first kappa shape index (κ1) is 8.02. The van der Waals surface area contributed by atoms with E-state index in [0.29, 0.717) is 18.8 Å². The molecule has 0 aromatic heterocycles. The van der Waals surface area contributed by atoms with Gasteiger partial charge in [0.15, 0.2) is 0 Å². The second kappa shape index (κ2) is 3.94. The fraction of sp³-hybridized carbons (Fsp3) is 1.00. The van der Waals surface area contributed by atoms with Crippen LogP contribution in [0.4, 0.5) is 0 Å². The van der Waals surface area contributed by atoms with E-state index in [0.717, 1.165) is 12.8 Å². The molecule has 0 bridgehead atoms. The lowest BCUT2D eigenvalue weighted by Crippen LogP contribution is -2.08. The molecule has 0 unspecified atom stereocenters. The van der Waals surface area contributed by atoms with E-state index in [-0.39, 0.29) is 0 Å². The molecule has 2 heteroatoms. The van der Waals surface area contributed by atoms with Gasteiger partial charge in [0.2, 0.25) is 0 Å². The van der Waals surface area contributed by atoms with Crippen molar-refractivity contribution in [3.05, 3.63) is 0 Å². The number of ether oxygens (including phenoxy) is 1. The summed E-state index contributed by atoms with van der Waals surface area (Å²) in [6.45, 7) is 2.41. The summed E-state index contributed by atoms with van der Waals surface area (Å²) in [6.07, 6.45) is 5.17. The Hall–Kier alpha value is -0.0800. The summed E-state index contributed by atoms with van der Waals surface area (Å²) >= 11 is 0. The minimum absolute atomic E-state index is 0.300. The molecule has 0 saturated carbocycles. The summed E-state index contributed by atoms with van der Waals surface area (Å²) in [4.78, 5) is 0.